The second kappa shape index (κ2) is 20.5. The molecule has 0 aromatic rings. The third kappa shape index (κ3) is 9.37. The van der Waals surface area contributed by atoms with Gasteiger partial charge < -0.3 is 99.2 Å². The Morgan fingerprint density at radius 2 is 1.27 bits per heavy atom. The number of aliphatic carboxylic acids is 1. The Morgan fingerprint density at radius 1 is 0.635 bits per heavy atom. The molecule has 21 nitrogen and oxygen atoms in total. The van der Waals surface area contributed by atoms with E-state index < -0.39 is 153 Å². The van der Waals surface area contributed by atoms with Crippen LogP contribution < -0.4 is 0 Å². The van der Waals surface area contributed by atoms with Crippen LogP contribution in [0.1, 0.15) is 126 Å². The first-order valence-electron chi connectivity index (χ1n) is 27.1. The van der Waals surface area contributed by atoms with Crippen molar-refractivity contribution in [3.63, 3.8) is 0 Å². The van der Waals surface area contributed by atoms with Crippen LogP contribution in [-0.4, -0.2) is 203 Å². The summed E-state index contributed by atoms with van der Waals surface area (Å²) in [5.41, 5.74) is -0.0158. The Morgan fingerprint density at radius 3 is 1.95 bits per heavy atom. The van der Waals surface area contributed by atoms with Gasteiger partial charge in [0.1, 0.15) is 73.2 Å². The molecule has 0 radical (unpaired) electrons. The number of hydrogen-bond donors (Lipinski definition) is 12. The maximum atomic E-state index is 13.2. The molecule has 27 atom stereocenters. The number of carboxylic acid groups (broad SMARTS) is 1. The largest absolute Gasteiger partial charge is 0.481 e. The SMILES string of the molecule is CC1OC(OC2CC(O)C(O)C(OC3CCC4(C)C(CCC5(C)C4CC=C4C6CC(C)(C)CCC6(C(=O)O)CCC45C)C3(C)C)O2)C(OC2OC(COC3OC(CO)C(O)C(O)C3O)C(O)C(O)C2O)C(O)C1O. The highest BCUT2D eigenvalue weighted by Gasteiger charge is 2.70. The number of allylic oxidation sites excluding steroid dienone is 2. The number of rotatable bonds is 11. The molecule has 8 fully saturated rings. The van der Waals surface area contributed by atoms with Gasteiger partial charge in [0.05, 0.1) is 36.9 Å². The van der Waals surface area contributed by atoms with Crippen molar-refractivity contribution in [1.82, 2.24) is 0 Å². The molecule has 9 aliphatic rings. The molecule has 27 unspecified atom stereocenters. The monoisotopic (exact) mass is 1060 g/mol. The Hall–Kier alpha value is -1.55. The quantitative estimate of drug-likeness (QED) is 0.0993. The minimum absolute atomic E-state index is 0.0129. The number of ether oxygens (including phenoxy) is 8. The van der Waals surface area contributed by atoms with E-state index in [0.29, 0.717) is 25.2 Å². The zero-order valence-corrected chi connectivity index (χ0v) is 44.1. The summed E-state index contributed by atoms with van der Waals surface area (Å²) < 4.78 is 47.9. The van der Waals surface area contributed by atoms with Crippen LogP contribution in [0.4, 0.5) is 0 Å². The second-order valence-corrected chi connectivity index (χ2v) is 25.9. The van der Waals surface area contributed by atoms with E-state index in [4.69, 9.17) is 37.9 Å². The molecule has 0 spiro atoms. The number of carboxylic acids is 1. The van der Waals surface area contributed by atoms with Crippen molar-refractivity contribution in [1.29, 1.82) is 0 Å². The van der Waals surface area contributed by atoms with E-state index in [1.54, 1.807) is 0 Å². The van der Waals surface area contributed by atoms with Crippen molar-refractivity contribution in [2.24, 2.45) is 50.2 Å². The molecule has 9 rings (SSSR count). The molecule has 21 heteroatoms. The van der Waals surface area contributed by atoms with Gasteiger partial charge in [0.25, 0.3) is 0 Å². The summed E-state index contributed by atoms with van der Waals surface area (Å²) in [6, 6.07) is 0. The molecular formula is C53H86O21. The van der Waals surface area contributed by atoms with Crippen molar-refractivity contribution >= 4 is 5.97 Å². The van der Waals surface area contributed by atoms with Crippen molar-refractivity contribution in [2.75, 3.05) is 13.2 Å². The van der Waals surface area contributed by atoms with E-state index in [0.717, 1.165) is 44.9 Å². The summed E-state index contributed by atoms with van der Waals surface area (Å²) in [5, 5.41) is 129. The second-order valence-electron chi connectivity index (χ2n) is 25.9. The Bertz CT molecular complexity index is 2040. The number of aliphatic hydroxyl groups excluding tert-OH is 11. The van der Waals surface area contributed by atoms with Gasteiger partial charge in [-0.25, -0.2) is 0 Å². The fourth-order valence-electron chi connectivity index (χ4n) is 16.1. The van der Waals surface area contributed by atoms with Gasteiger partial charge in [-0.3, -0.25) is 4.79 Å². The third-order valence-electron chi connectivity index (χ3n) is 21.0. The molecule has 0 aromatic heterocycles. The molecule has 424 valence electrons. The topological polar surface area (TPSA) is 334 Å². The van der Waals surface area contributed by atoms with E-state index in [1.165, 1.54) is 12.5 Å². The molecule has 0 amide bonds. The zero-order chi connectivity index (χ0) is 54.0. The third-order valence-corrected chi connectivity index (χ3v) is 21.0. The first-order valence-corrected chi connectivity index (χ1v) is 27.1. The van der Waals surface area contributed by atoms with Crippen LogP contribution in [-0.2, 0) is 42.7 Å². The molecule has 4 saturated heterocycles. The van der Waals surface area contributed by atoms with Crippen molar-refractivity contribution < 1.29 is 104 Å². The van der Waals surface area contributed by atoms with Gasteiger partial charge in [0, 0.05) is 6.42 Å². The van der Waals surface area contributed by atoms with E-state index in [9.17, 15) is 66.1 Å². The maximum absolute atomic E-state index is 13.2. The van der Waals surface area contributed by atoms with E-state index in [1.807, 2.05) is 0 Å². The summed E-state index contributed by atoms with van der Waals surface area (Å²) in [7, 11) is 0. The van der Waals surface area contributed by atoms with Crippen LogP contribution in [0.2, 0.25) is 0 Å². The highest BCUT2D eigenvalue weighted by molar-refractivity contribution is 5.76. The van der Waals surface area contributed by atoms with Crippen molar-refractivity contribution in [2.45, 2.75) is 249 Å². The Balaban J connectivity index is 0.877. The van der Waals surface area contributed by atoms with Crippen LogP contribution in [0.15, 0.2) is 11.6 Å². The van der Waals surface area contributed by atoms with Gasteiger partial charge in [-0.15, -0.1) is 0 Å². The first kappa shape index (κ1) is 57.1. The number of carbonyl (C=O) groups is 1. The fraction of sp³-hybridized carbons (Fsp3) is 0.943. The molecular weight excluding hydrogens is 973 g/mol. The molecule has 0 bridgehead atoms. The van der Waals surface area contributed by atoms with Crippen LogP contribution in [0.25, 0.3) is 0 Å². The van der Waals surface area contributed by atoms with Crippen LogP contribution in [0, 0.1) is 50.2 Å². The van der Waals surface area contributed by atoms with Crippen LogP contribution in [0.3, 0.4) is 0 Å². The lowest BCUT2D eigenvalue weighted by atomic mass is 9.33. The van der Waals surface area contributed by atoms with Gasteiger partial charge in [-0.2, -0.15) is 0 Å². The average molecular weight is 1060 g/mol. The lowest BCUT2D eigenvalue weighted by Gasteiger charge is -2.71. The first-order chi connectivity index (χ1) is 34.5. The van der Waals surface area contributed by atoms with Crippen LogP contribution in [0.5, 0.6) is 0 Å². The molecule has 4 aliphatic heterocycles. The predicted molar refractivity (Wildman–Crippen MR) is 256 cm³/mol. The van der Waals surface area contributed by atoms with Gasteiger partial charge in [0.2, 0.25) is 0 Å². The molecule has 12 N–H and O–H groups in total. The summed E-state index contributed by atoms with van der Waals surface area (Å²) >= 11 is 0. The van der Waals surface area contributed by atoms with Gasteiger partial charge in [-0.1, -0.05) is 60.1 Å². The van der Waals surface area contributed by atoms with E-state index >= 15 is 0 Å². The summed E-state index contributed by atoms with van der Waals surface area (Å²) in [6.45, 7) is 16.4. The standard InChI is InChI=1S/C53H86O21/c1-23-33(56)39(62)42(74-45-41(64)38(61)36(59)28(70-45)22-67-43-40(63)37(60)35(58)27(21-54)69-43)46(68-23)73-32-19-26(55)34(57)44(72-32)71-31-12-13-50(6)29(49(31,4)5)11-14-52(8)30(50)10-9-24-25-20-48(2,3)15-17-53(25,47(65)66)18-16-51(24,52)7/h9,23,25-46,54-64H,10-22H2,1-8H3,(H,65,66). The lowest BCUT2D eigenvalue weighted by molar-refractivity contribution is -0.405. The molecule has 4 saturated carbocycles. The highest BCUT2D eigenvalue weighted by atomic mass is 16.8. The minimum Gasteiger partial charge on any atom is -0.481 e. The predicted octanol–water partition coefficient (Wildman–Crippen LogP) is 0.545. The Kier molecular flexibility index (Phi) is 15.8. The van der Waals surface area contributed by atoms with Crippen molar-refractivity contribution in [3.05, 3.63) is 11.6 Å². The lowest BCUT2D eigenvalue weighted by Crippen LogP contribution is -2.66. The van der Waals surface area contributed by atoms with E-state index in [2.05, 4.69) is 54.5 Å². The Labute approximate surface area is 433 Å². The van der Waals surface area contributed by atoms with Crippen LogP contribution >= 0.6 is 0 Å². The summed E-state index contributed by atoms with van der Waals surface area (Å²) in [6.07, 6.45) is -20.4. The van der Waals surface area contributed by atoms with Gasteiger partial charge in [0.15, 0.2) is 31.5 Å². The smallest absolute Gasteiger partial charge is 0.310 e. The maximum Gasteiger partial charge on any atom is 0.310 e. The molecule has 4 heterocycles. The number of aliphatic hydroxyl groups is 11. The molecule has 0 aromatic carbocycles. The van der Waals surface area contributed by atoms with Gasteiger partial charge >= 0.3 is 5.97 Å². The van der Waals surface area contributed by atoms with Crippen molar-refractivity contribution in [3.8, 4) is 0 Å². The normalized spacial score (nSPS) is 54.1. The average Bonchev–Trinajstić information content (AvgIpc) is 3.33. The van der Waals surface area contributed by atoms with Gasteiger partial charge in [-0.05, 0) is 116 Å². The number of hydrogen-bond acceptors (Lipinski definition) is 20. The minimum atomic E-state index is -1.96. The summed E-state index contributed by atoms with van der Waals surface area (Å²) in [4.78, 5) is 13.2. The summed E-state index contributed by atoms with van der Waals surface area (Å²) in [5.74, 6) is -0.0990. The zero-order valence-electron chi connectivity index (χ0n) is 44.1. The highest BCUT2D eigenvalue weighted by Crippen LogP contribution is 2.76. The van der Waals surface area contributed by atoms with E-state index in [-0.39, 0.29) is 39.9 Å². The number of fused-ring (bicyclic) bond motifs is 7. The molecule has 5 aliphatic carbocycles. The molecule has 74 heavy (non-hydrogen) atoms. The fourth-order valence-corrected chi connectivity index (χ4v) is 16.1.